The molecule has 1 fully saturated rings. The second-order valence-electron chi connectivity index (χ2n) is 5.18. The van der Waals surface area contributed by atoms with Crippen molar-refractivity contribution < 1.29 is 9.21 Å². The number of nitrogens with zero attached hydrogens (tertiary/aromatic N) is 2. The first-order chi connectivity index (χ1) is 9.20. The Morgan fingerprint density at radius 1 is 1.53 bits per heavy atom. The second kappa shape index (κ2) is 6.73. The molecule has 2 rings (SSSR count). The van der Waals surface area contributed by atoms with E-state index in [1.807, 2.05) is 24.1 Å². The summed E-state index contributed by atoms with van der Waals surface area (Å²) in [6.07, 6.45) is 4.41. The highest BCUT2D eigenvalue weighted by Gasteiger charge is 2.23. The van der Waals surface area contributed by atoms with Gasteiger partial charge in [-0.1, -0.05) is 0 Å². The van der Waals surface area contributed by atoms with Gasteiger partial charge in [0.25, 0.3) is 0 Å². The molecular weight excluding hydrogens is 242 g/mol. The molecule has 0 aromatic carbocycles. The van der Waals surface area contributed by atoms with Crippen LogP contribution in [0.5, 0.6) is 0 Å². The fourth-order valence-corrected chi connectivity index (χ4v) is 2.49. The molecule has 19 heavy (non-hydrogen) atoms. The molecule has 106 valence electrons. The summed E-state index contributed by atoms with van der Waals surface area (Å²) in [4.78, 5) is 16.2. The maximum Gasteiger partial charge on any atom is 0.224 e. The predicted molar refractivity (Wildman–Crippen MR) is 73.4 cm³/mol. The van der Waals surface area contributed by atoms with Gasteiger partial charge in [0.2, 0.25) is 5.91 Å². The molecule has 5 nitrogen and oxygen atoms in total. The molecule has 0 radical (unpaired) electrons. The molecule has 0 saturated carbocycles. The number of furan rings is 1. The van der Waals surface area contributed by atoms with Crippen molar-refractivity contribution in [3.05, 3.63) is 24.2 Å². The summed E-state index contributed by atoms with van der Waals surface area (Å²) >= 11 is 0. The number of nitrogens with two attached hydrogens (primary N) is 1. The lowest BCUT2D eigenvalue weighted by atomic mass is 10.1. The quantitative estimate of drug-likeness (QED) is 0.835. The second-order valence-corrected chi connectivity index (χ2v) is 5.18. The van der Waals surface area contributed by atoms with Crippen LogP contribution in [0.2, 0.25) is 0 Å². The highest BCUT2D eigenvalue weighted by molar-refractivity contribution is 5.77. The average molecular weight is 265 g/mol. The van der Waals surface area contributed by atoms with Gasteiger partial charge in [0.1, 0.15) is 5.76 Å². The smallest absolute Gasteiger partial charge is 0.224 e. The first kappa shape index (κ1) is 14.1. The molecule has 1 atom stereocenters. The third-order valence-corrected chi connectivity index (χ3v) is 3.75. The molecular formula is C14H23N3O2. The van der Waals surface area contributed by atoms with Crippen molar-refractivity contribution in [1.82, 2.24) is 9.80 Å². The zero-order valence-corrected chi connectivity index (χ0v) is 11.5. The Morgan fingerprint density at radius 3 is 2.84 bits per heavy atom. The van der Waals surface area contributed by atoms with Gasteiger partial charge < -0.3 is 15.1 Å². The van der Waals surface area contributed by atoms with Gasteiger partial charge in [-0.2, -0.15) is 0 Å². The van der Waals surface area contributed by atoms with Gasteiger partial charge in [-0.15, -0.1) is 0 Å². The van der Waals surface area contributed by atoms with Crippen LogP contribution < -0.4 is 5.73 Å². The van der Waals surface area contributed by atoms with Crippen LogP contribution in [0.15, 0.2) is 22.8 Å². The lowest BCUT2D eigenvalue weighted by molar-refractivity contribution is -0.131. The van der Waals surface area contributed by atoms with E-state index < -0.39 is 0 Å². The van der Waals surface area contributed by atoms with Gasteiger partial charge >= 0.3 is 0 Å². The van der Waals surface area contributed by atoms with Gasteiger partial charge in [-0.25, -0.2) is 0 Å². The molecule has 1 saturated heterocycles. The largest absolute Gasteiger partial charge is 0.468 e. The molecule has 2 heterocycles. The van der Waals surface area contributed by atoms with Crippen molar-refractivity contribution in [2.24, 2.45) is 5.73 Å². The minimum absolute atomic E-state index is 0.0678. The first-order valence-electron chi connectivity index (χ1n) is 6.91. The Bertz CT molecular complexity index is 385. The van der Waals surface area contributed by atoms with Gasteiger partial charge in [0.05, 0.1) is 12.8 Å². The molecule has 2 N–H and O–H groups in total. The summed E-state index contributed by atoms with van der Waals surface area (Å²) in [6, 6.07) is 3.88. The number of likely N-dealkylation sites (N-methyl/N-ethyl adjacent to an activating group) is 1. The summed E-state index contributed by atoms with van der Waals surface area (Å²) in [6.45, 7) is 2.97. The van der Waals surface area contributed by atoms with E-state index in [1.54, 1.807) is 6.26 Å². The van der Waals surface area contributed by atoms with Crippen LogP contribution in [0.1, 0.15) is 25.0 Å². The van der Waals surface area contributed by atoms with Crippen LogP contribution in [0.3, 0.4) is 0 Å². The third kappa shape index (κ3) is 3.81. The normalized spacial score (nSPS) is 17.1. The molecule has 5 heteroatoms. The number of hydrogen-bond donors (Lipinski definition) is 1. The topological polar surface area (TPSA) is 62.7 Å². The fraction of sp³-hybridized carbons (Fsp3) is 0.643. The monoisotopic (exact) mass is 265 g/mol. The van der Waals surface area contributed by atoms with Crippen molar-refractivity contribution >= 4 is 5.91 Å². The van der Waals surface area contributed by atoms with Crippen LogP contribution >= 0.6 is 0 Å². The van der Waals surface area contributed by atoms with E-state index in [1.165, 1.54) is 0 Å². The van der Waals surface area contributed by atoms with Crippen molar-refractivity contribution in [3.8, 4) is 0 Å². The fourth-order valence-electron chi connectivity index (χ4n) is 2.49. The average Bonchev–Trinajstić information content (AvgIpc) is 3.07. The van der Waals surface area contributed by atoms with Crippen LogP contribution in [-0.4, -0.2) is 48.4 Å². The molecule has 0 spiro atoms. The summed E-state index contributed by atoms with van der Waals surface area (Å²) in [5.41, 5.74) is 5.81. The molecule has 1 aromatic rings. The van der Waals surface area contributed by atoms with Crippen LogP contribution in [-0.2, 0) is 11.3 Å². The van der Waals surface area contributed by atoms with Crippen LogP contribution in [0, 0.1) is 0 Å². The number of rotatable bonds is 6. The van der Waals surface area contributed by atoms with Gasteiger partial charge in [-0.3, -0.25) is 9.69 Å². The lowest BCUT2D eigenvalue weighted by Crippen LogP contribution is -2.42. The van der Waals surface area contributed by atoms with E-state index in [0.717, 1.165) is 31.7 Å². The number of amides is 1. The predicted octanol–water partition coefficient (Wildman–Crippen LogP) is 1.05. The Hall–Kier alpha value is -1.33. The molecule has 1 amide bonds. The van der Waals surface area contributed by atoms with Crippen LogP contribution in [0.25, 0.3) is 0 Å². The standard InChI is InChI=1S/C14H23N3O2/c1-16(11-13-5-4-8-19-13)12(10-15)9-14(18)17-6-2-3-7-17/h4-5,8,12H,2-3,6-7,9-11,15H2,1H3. The Balaban J connectivity index is 1.86. The summed E-state index contributed by atoms with van der Waals surface area (Å²) in [5, 5.41) is 0. The maximum absolute atomic E-state index is 12.1. The van der Waals surface area contributed by atoms with Crippen molar-refractivity contribution in [1.29, 1.82) is 0 Å². The number of carbonyl (C=O) groups excluding carboxylic acids is 1. The number of likely N-dealkylation sites (tertiary alicyclic amines) is 1. The maximum atomic E-state index is 12.1. The summed E-state index contributed by atoms with van der Waals surface area (Å²) < 4.78 is 5.33. The minimum Gasteiger partial charge on any atom is -0.468 e. The highest BCUT2D eigenvalue weighted by Crippen LogP contribution is 2.13. The van der Waals surface area contributed by atoms with Crippen molar-refractivity contribution in [2.45, 2.75) is 31.8 Å². The Kier molecular flexibility index (Phi) is 4.99. The zero-order valence-electron chi connectivity index (χ0n) is 11.5. The molecule has 1 aliphatic heterocycles. The SMILES string of the molecule is CN(Cc1ccco1)C(CN)CC(=O)N1CCCC1. The van der Waals surface area contributed by atoms with Crippen LogP contribution in [0.4, 0.5) is 0 Å². The summed E-state index contributed by atoms with van der Waals surface area (Å²) in [5.74, 6) is 1.12. The highest BCUT2D eigenvalue weighted by atomic mass is 16.3. The number of hydrogen-bond acceptors (Lipinski definition) is 4. The summed E-state index contributed by atoms with van der Waals surface area (Å²) in [7, 11) is 1.98. The molecule has 1 aromatic heterocycles. The van der Waals surface area contributed by atoms with E-state index in [2.05, 4.69) is 4.90 Å². The van der Waals surface area contributed by atoms with Gasteiger partial charge in [-0.05, 0) is 32.0 Å². The lowest BCUT2D eigenvalue weighted by Gasteiger charge is -2.27. The van der Waals surface area contributed by atoms with E-state index in [9.17, 15) is 4.79 Å². The first-order valence-corrected chi connectivity index (χ1v) is 6.91. The van der Waals surface area contributed by atoms with E-state index >= 15 is 0 Å². The third-order valence-electron chi connectivity index (χ3n) is 3.75. The minimum atomic E-state index is 0.0678. The zero-order chi connectivity index (χ0) is 13.7. The van der Waals surface area contributed by atoms with Gasteiger partial charge in [0.15, 0.2) is 0 Å². The number of carbonyl (C=O) groups is 1. The van der Waals surface area contributed by atoms with E-state index in [0.29, 0.717) is 19.5 Å². The van der Waals surface area contributed by atoms with E-state index in [4.69, 9.17) is 10.2 Å². The Morgan fingerprint density at radius 2 is 2.26 bits per heavy atom. The van der Waals surface area contributed by atoms with Crippen molar-refractivity contribution in [2.75, 3.05) is 26.7 Å². The van der Waals surface area contributed by atoms with Gasteiger partial charge in [0, 0.05) is 32.1 Å². The molecule has 1 aliphatic rings. The molecule has 0 aliphatic carbocycles. The molecule has 0 bridgehead atoms. The van der Waals surface area contributed by atoms with Crippen molar-refractivity contribution in [3.63, 3.8) is 0 Å². The Labute approximate surface area is 114 Å². The molecule has 1 unspecified atom stereocenters. The van der Waals surface area contributed by atoms with E-state index in [-0.39, 0.29) is 11.9 Å².